The van der Waals surface area contributed by atoms with Crippen molar-refractivity contribution in [1.29, 1.82) is 0 Å². The lowest BCUT2D eigenvalue weighted by atomic mass is 10.00. The topological polar surface area (TPSA) is 50.8 Å². The van der Waals surface area contributed by atoms with Gasteiger partial charge in [0.05, 0.1) is 24.4 Å². The van der Waals surface area contributed by atoms with E-state index >= 15 is 0 Å². The highest BCUT2D eigenvalue weighted by Crippen LogP contribution is 2.20. The second-order valence-corrected chi connectivity index (χ2v) is 5.75. The number of morpholine rings is 1. The van der Waals surface area contributed by atoms with Crippen molar-refractivity contribution in [3.63, 3.8) is 0 Å². The van der Waals surface area contributed by atoms with Crippen LogP contribution in [-0.2, 0) is 14.3 Å². The molecule has 0 radical (unpaired) electrons. The molecule has 5 heteroatoms. The average molecular weight is 242 g/mol. The zero-order valence-electron chi connectivity index (χ0n) is 10.9. The molecular weight excluding hydrogens is 220 g/mol. The van der Waals surface area contributed by atoms with E-state index in [0.717, 1.165) is 13.1 Å². The van der Waals surface area contributed by atoms with E-state index in [1.54, 1.807) is 0 Å². The summed E-state index contributed by atoms with van der Waals surface area (Å²) < 4.78 is 11.1. The standard InChI is InChI=1S/C12H22N2O3/c1-11(2)9-16-5-4-14(11)10(15)6-17-12(3)7-13-8-12/h13H,4-9H2,1-3H3. The third kappa shape index (κ3) is 2.78. The predicted octanol–water partition coefficient (Wildman–Crippen LogP) is 0.00230. The first-order chi connectivity index (χ1) is 7.93. The lowest BCUT2D eigenvalue weighted by molar-refractivity contribution is -0.159. The Morgan fingerprint density at radius 1 is 1.41 bits per heavy atom. The molecule has 5 nitrogen and oxygen atoms in total. The molecule has 0 spiro atoms. The summed E-state index contributed by atoms with van der Waals surface area (Å²) in [6, 6.07) is 0. The van der Waals surface area contributed by atoms with Gasteiger partial charge in [-0.2, -0.15) is 0 Å². The van der Waals surface area contributed by atoms with Crippen LogP contribution in [0.25, 0.3) is 0 Å². The fourth-order valence-corrected chi connectivity index (χ4v) is 2.21. The quantitative estimate of drug-likeness (QED) is 0.757. The molecule has 0 aromatic heterocycles. The summed E-state index contributed by atoms with van der Waals surface area (Å²) in [5.74, 6) is 0.0615. The van der Waals surface area contributed by atoms with Crippen LogP contribution in [0.15, 0.2) is 0 Å². The van der Waals surface area contributed by atoms with Gasteiger partial charge in [0.2, 0.25) is 5.91 Å². The van der Waals surface area contributed by atoms with Crippen molar-refractivity contribution in [2.45, 2.75) is 31.9 Å². The molecule has 0 saturated carbocycles. The molecule has 0 atom stereocenters. The van der Waals surface area contributed by atoms with Crippen LogP contribution in [0, 0.1) is 0 Å². The number of hydrogen-bond donors (Lipinski definition) is 1. The van der Waals surface area contributed by atoms with Crippen molar-refractivity contribution in [3.05, 3.63) is 0 Å². The van der Waals surface area contributed by atoms with Crippen LogP contribution in [0.1, 0.15) is 20.8 Å². The maximum absolute atomic E-state index is 12.1. The van der Waals surface area contributed by atoms with E-state index in [1.165, 1.54) is 0 Å². The Bertz CT molecular complexity index is 300. The summed E-state index contributed by atoms with van der Waals surface area (Å²) in [5.41, 5.74) is -0.385. The normalized spacial score (nSPS) is 26.4. The lowest BCUT2D eigenvalue weighted by Crippen LogP contribution is -2.61. The van der Waals surface area contributed by atoms with Gasteiger partial charge in [0.25, 0.3) is 0 Å². The average Bonchev–Trinajstić information content (AvgIpc) is 2.22. The van der Waals surface area contributed by atoms with Crippen LogP contribution in [-0.4, -0.2) is 61.4 Å². The van der Waals surface area contributed by atoms with Gasteiger partial charge in [0, 0.05) is 19.6 Å². The number of nitrogens with zero attached hydrogens (tertiary/aromatic N) is 1. The van der Waals surface area contributed by atoms with Gasteiger partial charge in [-0.1, -0.05) is 0 Å². The third-order valence-corrected chi connectivity index (χ3v) is 3.49. The van der Waals surface area contributed by atoms with Crippen molar-refractivity contribution < 1.29 is 14.3 Å². The van der Waals surface area contributed by atoms with Gasteiger partial charge in [0.15, 0.2) is 0 Å². The zero-order chi connectivity index (χ0) is 12.5. The van der Waals surface area contributed by atoms with E-state index in [0.29, 0.717) is 19.8 Å². The summed E-state index contributed by atoms with van der Waals surface area (Å²) in [7, 11) is 0. The largest absolute Gasteiger partial charge is 0.377 e. The molecule has 0 aromatic carbocycles. The maximum Gasteiger partial charge on any atom is 0.249 e. The van der Waals surface area contributed by atoms with Crippen molar-refractivity contribution in [1.82, 2.24) is 10.2 Å². The number of hydrogen-bond acceptors (Lipinski definition) is 4. The fourth-order valence-electron chi connectivity index (χ4n) is 2.21. The Balaban J connectivity index is 1.86. The molecule has 2 fully saturated rings. The lowest BCUT2D eigenvalue weighted by Gasteiger charge is -2.43. The second-order valence-electron chi connectivity index (χ2n) is 5.75. The predicted molar refractivity (Wildman–Crippen MR) is 63.8 cm³/mol. The van der Waals surface area contributed by atoms with Crippen LogP contribution in [0.5, 0.6) is 0 Å². The van der Waals surface area contributed by atoms with E-state index in [4.69, 9.17) is 9.47 Å². The number of nitrogens with one attached hydrogen (secondary N) is 1. The molecule has 1 N–H and O–H groups in total. The van der Waals surface area contributed by atoms with E-state index in [-0.39, 0.29) is 23.7 Å². The van der Waals surface area contributed by atoms with Gasteiger partial charge >= 0.3 is 0 Å². The molecule has 2 heterocycles. The van der Waals surface area contributed by atoms with Crippen molar-refractivity contribution >= 4 is 5.91 Å². The highest BCUT2D eigenvalue weighted by Gasteiger charge is 2.37. The maximum atomic E-state index is 12.1. The van der Waals surface area contributed by atoms with Gasteiger partial charge in [-0.25, -0.2) is 0 Å². The molecule has 2 aliphatic heterocycles. The summed E-state index contributed by atoms with van der Waals surface area (Å²) >= 11 is 0. The van der Waals surface area contributed by atoms with Gasteiger partial charge in [-0.3, -0.25) is 4.79 Å². The Morgan fingerprint density at radius 2 is 2.12 bits per heavy atom. The monoisotopic (exact) mass is 242 g/mol. The Labute approximate surface area is 102 Å². The number of rotatable bonds is 3. The molecule has 2 rings (SSSR count). The molecule has 0 aromatic rings. The molecule has 2 saturated heterocycles. The van der Waals surface area contributed by atoms with E-state index in [2.05, 4.69) is 5.32 Å². The summed E-state index contributed by atoms with van der Waals surface area (Å²) in [6.45, 7) is 9.77. The van der Waals surface area contributed by atoms with Crippen LogP contribution >= 0.6 is 0 Å². The highest BCUT2D eigenvalue weighted by molar-refractivity contribution is 5.78. The van der Waals surface area contributed by atoms with E-state index in [9.17, 15) is 4.79 Å². The van der Waals surface area contributed by atoms with Crippen LogP contribution in [0.3, 0.4) is 0 Å². The summed E-state index contributed by atoms with van der Waals surface area (Å²) in [6.07, 6.45) is 0. The minimum absolute atomic E-state index is 0.0615. The minimum atomic E-state index is -0.225. The Morgan fingerprint density at radius 3 is 2.65 bits per heavy atom. The number of ether oxygens (including phenoxy) is 2. The van der Waals surface area contributed by atoms with Crippen molar-refractivity contribution in [3.8, 4) is 0 Å². The molecule has 1 amide bonds. The molecule has 98 valence electrons. The van der Waals surface area contributed by atoms with Crippen molar-refractivity contribution in [2.75, 3.05) is 39.5 Å². The van der Waals surface area contributed by atoms with Gasteiger partial charge in [0.1, 0.15) is 6.61 Å². The molecule has 17 heavy (non-hydrogen) atoms. The van der Waals surface area contributed by atoms with Crippen molar-refractivity contribution in [2.24, 2.45) is 0 Å². The SMILES string of the molecule is CC1(OCC(=O)N2CCOCC2(C)C)CNC1. The molecule has 0 unspecified atom stereocenters. The Kier molecular flexibility index (Phi) is 3.43. The van der Waals surface area contributed by atoms with E-state index < -0.39 is 0 Å². The molecular formula is C12H22N2O3. The van der Waals surface area contributed by atoms with Crippen LogP contribution < -0.4 is 5.32 Å². The highest BCUT2D eigenvalue weighted by atomic mass is 16.5. The Hall–Kier alpha value is -0.650. The zero-order valence-corrected chi connectivity index (χ0v) is 10.9. The first-order valence-electron chi connectivity index (χ1n) is 6.16. The first-order valence-corrected chi connectivity index (χ1v) is 6.16. The van der Waals surface area contributed by atoms with Gasteiger partial charge in [-0.05, 0) is 20.8 Å². The summed E-state index contributed by atoms with van der Waals surface area (Å²) in [5, 5.41) is 3.15. The van der Waals surface area contributed by atoms with Gasteiger partial charge in [-0.15, -0.1) is 0 Å². The minimum Gasteiger partial charge on any atom is -0.377 e. The molecule has 0 bridgehead atoms. The van der Waals surface area contributed by atoms with Crippen LogP contribution in [0.4, 0.5) is 0 Å². The number of carbonyl (C=O) groups excluding carboxylic acids is 1. The van der Waals surface area contributed by atoms with Gasteiger partial charge < -0.3 is 19.7 Å². The second kappa shape index (κ2) is 4.55. The summed E-state index contributed by atoms with van der Waals surface area (Å²) in [4.78, 5) is 14.0. The number of amides is 1. The fraction of sp³-hybridized carbons (Fsp3) is 0.917. The molecule has 0 aliphatic carbocycles. The smallest absolute Gasteiger partial charge is 0.249 e. The molecule has 2 aliphatic rings. The first kappa shape index (κ1) is 12.8. The van der Waals surface area contributed by atoms with E-state index in [1.807, 2.05) is 25.7 Å². The van der Waals surface area contributed by atoms with Crippen LogP contribution in [0.2, 0.25) is 0 Å². The third-order valence-electron chi connectivity index (χ3n) is 3.49. The number of carbonyl (C=O) groups is 1.